The number of ether oxygens (including phenoxy) is 5. The van der Waals surface area contributed by atoms with Crippen LogP contribution in [0.15, 0.2) is 110 Å². The Labute approximate surface area is 305 Å². The summed E-state index contributed by atoms with van der Waals surface area (Å²) in [5, 5.41) is 0. The summed E-state index contributed by atoms with van der Waals surface area (Å²) in [6.07, 6.45) is -1.75. The van der Waals surface area contributed by atoms with Crippen LogP contribution in [0.1, 0.15) is 54.0 Å². The molecule has 1 fully saturated rings. The second-order valence-corrected chi connectivity index (χ2v) is 12.8. The lowest BCUT2D eigenvalue weighted by Crippen LogP contribution is -2.41. The summed E-state index contributed by atoms with van der Waals surface area (Å²) in [6, 6.07) is 28.0. The summed E-state index contributed by atoms with van der Waals surface area (Å²) in [6.45, 7) is 5.40. The number of methoxy groups -OCH3 is 1. The summed E-state index contributed by atoms with van der Waals surface area (Å²) >= 11 is 0. The average Bonchev–Trinajstić information content (AvgIpc) is 3.75. The Kier molecular flexibility index (Phi) is 9.95. The molecule has 0 radical (unpaired) electrons. The maximum absolute atomic E-state index is 13.7. The molecular formula is C41H36N4O8. The van der Waals surface area contributed by atoms with Crippen molar-refractivity contribution in [3.8, 4) is 17.0 Å². The molecule has 3 heterocycles. The Bertz CT molecular complexity index is 2250. The van der Waals surface area contributed by atoms with Gasteiger partial charge in [-0.2, -0.15) is 0 Å². The van der Waals surface area contributed by atoms with Gasteiger partial charge in [0, 0.05) is 5.56 Å². The van der Waals surface area contributed by atoms with Crippen LogP contribution in [0.3, 0.4) is 0 Å². The number of fused-ring (bicyclic) bond motifs is 1. The monoisotopic (exact) mass is 712 g/mol. The van der Waals surface area contributed by atoms with Gasteiger partial charge in [0.05, 0.1) is 30.1 Å². The van der Waals surface area contributed by atoms with Crippen molar-refractivity contribution in [3.63, 3.8) is 0 Å². The predicted octanol–water partition coefficient (Wildman–Crippen LogP) is 6.63. The molecule has 4 aromatic carbocycles. The molecule has 0 spiro atoms. The fourth-order valence-electron chi connectivity index (χ4n) is 6.03. The summed E-state index contributed by atoms with van der Waals surface area (Å²) in [7, 11) is 1.59. The Hall–Kier alpha value is -6.40. The number of benzene rings is 4. The maximum atomic E-state index is 13.7. The molecule has 0 bridgehead atoms. The molecule has 4 atom stereocenters. The summed E-state index contributed by atoms with van der Waals surface area (Å²) < 4.78 is 31.5. The van der Waals surface area contributed by atoms with E-state index in [1.807, 2.05) is 45.0 Å². The second-order valence-electron chi connectivity index (χ2n) is 12.8. The minimum absolute atomic E-state index is 0.281. The fraction of sp³-hybridized carbons (Fsp3) is 0.220. The van der Waals surface area contributed by atoms with Gasteiger partial charge in [-0.15, -0.1) is 0 Å². The molecule has 1 aliphatic heterocycles. The first-order chi connectivity index (χ1) is 25.7. The highest BCUT2D eigenvalue weighted by molar-refractivity contribution is 5.91. The number of aromatic nitrogens is 4. The molecule has 2 unspecified atom stereocenters. The van der Waals surface area contributed by atoms with Crippen LogP contribution >= 0.6 is 0 Å². The van der Waals surface area contributed by atoms with E-state index in [9.17, 15) is 14.4 Å². The van der Waals surface area contributed by atoms with E-state index >= 15 is 0 Å². The zero-order valence-electron chi connectivity index (χ0n) is 29.5. The zero-order chi connectivity index (χ0) is 37.1. The molecular weight excluding hydrogens is 676 g/mol. The standard InChI is InChI=1S/C41H36N4O8/c1-24-5-11-28(12-6-24)39(46)50-21-32-35(52-40(47)29-13-7-25(2)8-14-29)36(53-41(48)30-15-9-26(3)10-16-30)38(51-32)45-23-44-34-33(42-22-43-37(34)45)27-17-19-31(49-4)20-18-27/h5-20,22-23,32,35-36,38H,21H2,1-4H3/t32-,35?,36?,38-/m1/s1. The van der Waals surface area contributed by atoms with E-state index in [2.05, 4.69) is 15.0 Å². The summed E-state index contributed by atoms with van der Waals surface area (Å²) in [4.78, 5) is 54.2. The lowest BCUT2D eigenvalue weighted by molar-refractivity contribution is -0.0606. The quantitative estimate of drug-likeness (QED) is 0.112. The van der Waals surface area contributed by atoms with Crippen molar-refractivity contribution in [2.24, 2.45) is 0 Å². The van der Waals surface area contributed by atoms with Gasteiger partial charge in [-0.05, 0) is 81.4 Å². The lowest BCUT2D eigenvalue weighted by Gasteiger charge is -2.25. The maximum Gasteiger partial charge on any atom is 0.338 e. The number of carbonyl (C=O) groups excluding carboxylic acids is 3. The van der Waals surface area contributed by atoms with Crippen molar-refractivity contribution in [2.75, 3.05) is 13.7 Å². The molecule has 1 aliphatic rings. The Balaban J connectivity index is 1.28. The molecule has 0 amide bonds. The second kappa shape index (κ2) is 15.1. The number of nitrogens with zero attached hydrogens (tertiary/aromatic N) is 4. The van der Waals surface area contributed by atoms with Crippen LogP contribution in [0, 0.1) is 20.8 Å². The van der Waals surface area contributed by atoms with E-state index in [0.717, 1.165) is 22.3 Å². The zero-order valence-corrected chi connectivity index (χ0v) is 29.5. The third-order valence-corrected chi connectivity index (χ3v) is 9.01. The van der Waals surface area contributed by atoms with Crippen molar-refractivity contribution in [1.82, 2.24) is 19.5 Å². The lowest BCUT2D eigenvalue weighted by atomic mass is 10.1. The molecule has 0 saturated carbocycles. The highest BCUT2D eigenvalue weighted by Gasteiger charge is 2.52. The number of esters is 3. The van der Waals surface area contributed by atoms with E-state index in [1.54, 1.807) is 84.5 Å². The first-order valence-corrected chi connectivity index (χ1v) is 16.9. The van der Waals surface area contributed by atoms with Crippen LogP contribution in [0.2, 0.25) is 0 Å². The van der Waals surface area contributed by atoms with Crippen LogP contribution in [0.25, 0.3) is 22.4 Å². The SMILES string of the molecule is COc1ccc(-c2ncnc3c2ncn3[C@@H]2O[C@H](COC(=O)c3ccc(C)cc3)C(OC(=O)c3ccc(C)cc3)C2OC(=O)c2ccc(C)cc2)cc1. The van der Waals surface area contributed by atoms with Gasteiger partial charge in [0.15, 0.2) is 24.1 Å². The van der Waals surface area contributed by atoms with Gasteiger partial charge in [0.2, 0.25) is 0 Å². The van der Waals surface area contributed by atoms with Gasteiger partial charge < -0.3 is 23.7 Å². The van der Waals surface area contributed by atoms with Crippen molar-refractivity contribution in [2.45, 2.75) is 45.3 Å². The van der Waals surface area contributed by atoms with Gasteiger partial charge in [-0.1, -0.05) is 53.1 Å². The van der Waals surface area contributed by atoms with Gasteiger partial charge in [0.1, 0.15) is 36.0 Å². The number of hydrogen-bond acceptors (Lipinski definition) is 11. The Morgan fingerprint density at radius 3 is 1.74 bits per heavy atom. The van der Waals surface area contributed by atoms with E-state index < -0.39 is 42.4 Å². The summed E-state index contributed by atoms with van der Waals surface area (Å²) in [5.74, 6) is -1.26. The van der Waals surface area contributed by atoms with Gasteiger partial charge in [0.25, 0.3) is 0 Å². The van der Waals surface area contributed by atoms with Crippen LogP contribution < -0.4 is 4.74 Å². The van der Waals surface area contributed by atoms with Crippen LogP contribution in [-0.4, -0.2) is 69.5 Å². The highest BCUT2D eigenvalue weighted by Crippen LogP contribution is 2.38. The number of aryl methyl sites for hydroxylation is 3. The number of imidazole rings is 1. The van der Waals surface area contributed by atoms with Gasteiger partial charge in [-0.25, -0.2) is 29.3 Å². The van der Waals surface area contributed by atoms with Crippen LogP contribution in [0.5, 0.6) is 5.75 Å². The Morgan fingerprint density at radius 2 is 1.19 bits per heavy atom. The van der Waals surface area contributed by atoms with Crippen LogP contribution in [0.4, 0.5) is 0 Å². The number of carbonyl (C=O) groups is 3. The molecule has 0 aliphatic carbocycles. The third kappa shape index (κ3) is 7.49. The smallest absolute Gasteiger partial charge is 0.338 e. The van der Waals surface area contributed by atoms with Crippen molar-refractivity contribution >= 4 is 29.1 Å². The average molecular weight is 713 g/mol. The van der Waals surface area contributed by atoms with Gasteiger partial charge in [-0.3, -0.25) is 4.57 Å². The molecule has 12 heteroatoms. The summed E-state index contributed by atoms with van der Waals surface area (Å²) in [5.41, 5.74) is 5.94. The minimum atomic E-state index is -1.24. The Morgan fingerprint density at radius 1 is 0.660 bits per heavy atom. The van der Waals surface area contributed by atoms with E-state index in [0.29, 0.717) is 28.2 Å². The van der Waals surface area contributed by atoms with Crippen molar-refractivity contribution in [3.05, 3.63) is 143 Å². The largest absolute Gasteiger partial charge is 0.497 e. The molecule has 7 rings (SSSR count). The number of rotatable bonds is 10. The predicted molar refractivity (Wildman–Crippen MR) is 193 cm³/mol. The first kappa shape index (κ1) is 35.0. The van der Waals surface area contributed by atoms with E-state index in [-0.39, 0.29) is 17.7 Å². The molecule has 2 aromatic heterocycles. The molecule has 12 nitrogen and oxygen atoms in total. The molecule has 6 aromatic rings. The van der Waals surface area contributed by atoms with E-state index in [4.69, 9.17) is 23.7 Å². The minimum Gasteiger partial charge on any atom is -0.497 e. The fourth-order valence-corrected chi connectivity index (χ4v) is 6.03. The van der Waals surface area contributed by atoms with Crippen molar-refractivity contribution < 1.29 is 38.1 Å². The van der Waals surface area contributed by atoms with Crippen molar-refractivity contribution in [1.29, 1.82) is 0 Å². The normalized spacial score (nSPS) is 18.0. The van der Waals surface area contributed by atoms with E-state index in [1.165, 1.54) is 12.7 Å². The topological polar surface area (TPSA) is 141 Å². The molecule has 0 N–H and O–H groups in total. The molecule has 268 valence electrons. The molecule has 53 heavy (non-hydrogen) atoms. The third-order valence-electron chi connectivity index (χ3n) is 9.01. The first-order valence-electron chi connectivity index (χ1n) is 16.9. The van der Waals surface area contributed by atoms with Gasteiger partial charge >= 0.3 is 17.9 Å². The number of hydrogen-bond donors (Lipinski definition) is 0. The molecule has 1 saturated heterocycles. The van der Waals surface area contributed by atoms with Crippen LogP contribution in [-0.2, 0) is 18.9 Å². The highest BCUT2D eigenvalue weighted by atomic mass is 16.7.